The van der Waals surface area contributed by atoms with Gasteiger partial charge in [-0.25, -0.2) is 0 Å². The average Bonchev–Trinajstić information content (AvgIpc) is 2.42. The first-order valence-electron chi connectivity index (χ1n) is 7.27. The zero-order valence-electron chi connectivity index (χ0n) is 12.8. The zero-order chi connectivity index (χ0) is 15.6. The Morgan fingerprint density at radius 2 is 0.850 bits per heavy atom. The number of hydrogen-bond acceptors (Lipinski definition) is 4. The summed E-state index contributed by atoms with van der Waals surface area (Å²) in [5.41, 5.74) is 0. The van der Waals surface area contributed by atoms with Crippen LogP contribution in [0, 0.1) is 0 Å². The van der Waals surface area contributed by atoms with Gasteiger partial charge >= 0.3 is 0 Å². The van der Waals surface area contributed by atoms with Crippen LogP contribution in [0.4, 0.5) is 0 Å². The molecule has 2 aliphatic rings. The molecule has 0 aliphatic carbocycles. The fraction of sp³-hybridized carbons (Fsp3) is 0.857. The first-order valence-corrected chi connectivity index (χ1v) is 7.27. The Morgan fingerprint density at radius 3 is 0.900 bits per heavy atom. The van der Waals surface area contributed by atoms with Gasteiger partial charge < -0.3 is 20.8 Å². The lowest BCUT2D eigenvalue weighted by molar-refractivity contribution is -0.135. The van der Waals surface area contributed by atoms with Gasteiger partial charge in [0.1, 0.15) is 0 Å². The predicted octanol–water partition coefficient (Wildman–Crippen LogP) is 1.70. The van der Waals surface area contributed by atoms with Crippen molar-refractivity contribution in [2.24, 2.45) is 0 Å². The number of rotatable bonds is 0. The van der Waals surface area contributed by atoms with E-state index in [2.05, 4.69) is 10.6 Å². The lowest BCUT2D eigenvalue weighted by atomic mass is 10.2. The van der Waals surface area contributed by atoms with Crippen molar-refractivity contribution < 1.29 is 19.8 Å². The van der Waals surface area contributed by atoms with E-state index >= 15 is 0 Å². The summed E-state index contributed by atoms with van der Waals surface area (Å²) in [4.78, 5) is 18.0. The van der Waals surface area contributed by atoms with Crippen molar-refractivity contribution in [1.82, 2.24) is 10.6 Å². The van der Waals surface area contributed by atoms with Crippen LogP contribution in [0.15, 0.2) is 0 Å². The van der Waals surface area contributed by atoms with Crippen LogP contribution in [0.3, 0.4) is 0 Å². The minimum Gasteiger partial charge on any atom is -0.481 e. The van der Waals surface area contributed by atoms with Crippen LogP contribution in [0.5, 0.6) is 0 Å². The molecule has 0 amide bonds. The highest BCUT2D eigenvalue weighted by molar-refractivity contribution is 5.63. The predicted molar refractivity (Wildman–Crippen MR) is 80.1 cm³/mol. The second-order valence-corrected chi connectivity index (χ2v) is 4.66. The molecule has 6 heteroatoms. The molecule has 2 heterocycles. The monoisotopic (exact) mass is 290 g/mol. The first-order chi connectivity index (χ1) is 9.46. The highest BCUT2D eigenvalue weighted by Crippen LogP contribution is 1.97. The molecule has 20 heavy (non-hydrogen) atoms. The largest absolute Gasteiger partial charge is 0.481 e. The van der Waals surface area contributed by atoms with Crippen LogP contribution < -0.4 is 10.6 Å². The maximum Gasteiger partial charge on any atom is 0.300 e. The molecule has 0 aromatic carbocycles. The summed E-state index contributed by atoms with van der Waals surface area (Å²) >= 11 is 0. The molecule has 0 atom stereocenters. The van der Waals surface area contributed by atoms with Crippen LogP contribution in [-0.2, 0) is 9.59 Å². The van der Waals surface area contributed by atoms with Crippen LogP contribution >= 0.6 is 0 Å². The van der Waals surface area contributed by atoms with Crippen molar-refractivity contribution in [2.45, 2.75) is 52.4 Å². The second kappa shape index (κ2) is 17.9. The minimum atomic E-state index is -0.833. The molecule has 0 aromatic heterocycles. The number of piperidine rings is 2. The van der Waals surface area contributed by atoms with Crippen LogP contribution in [0.25, 0.3) is 0 Å². The molecule has 0 saturated carbocycles. The van der Waals surface area contributed by atoms with Gasteiger partial charge in [0.15, 0.2) is 0 Å². The summed E-state index contributed by atoms with van der Waals surface area (Å²) in [6.07, 6.45) is 8.43. The molecule has 2 saturated heterocycles. The van der Waals surface area contributed by atoms with Gasteiger partial charge in [-0.1, -0.05) is 12.8 Å². The van der Waals surface area contributed by atoms with Crippen molar-refractivity contribution in [3.8, 4) is 0 Å². The lowest BCUT2D eigenvalue weighted by Gasteiger charge is -2.08. The van der Waals surface area contributed by atoms with Crippen LogP contribution in [-0.4, -0.2) is 48.3 Å². The fourth-order valence-electron chi connectivity index (χ4n) is 1.60. The lowest BCUT2D eigenvalue weighted by Crippen LogP contribution is -2.21. The third-order valence-electron chi connectivity index (χ3n) is 2.41. The van der Waals surface area contributed by atoms with Gasteiger partial charge in [0, 0.05) is 13.8 Å². The summed E-state index contributed by atoms with van der Waals surface area (Å²) in [5, 5.41) is 21.4. The van der Waals surface area contributed by atoms with E-state index in [4.69, 9.17) is 19.8 Å². The molecule has 6 nitrogen and oxygen atoms in total. The molecular weight excluding hydrogens is 260 g/mol. The quantitative estimate of drug-likeness (QED) is 0.542. The van der Waals surface area contributed by atoms with Crippen molar-refractivity contribution in [2.75, 3.05) is 26.2 Å². The summed E-state index contributed by atoms with van der Waals surface area (Å²) < 4.78 is 0. The molecular formula is C14H30N2O4. The summed E-state index contributed by atoms with van der Waals surface area (Å²) in [6.45, 7) is 7.17. The van der Waals surface area contributed by atoms with E-state index in [0.717, 1.165) is 13.8 Å². The number of nitrogens with one attached hydrogen (secondary N) is 2. The third kappa shape index (κ3) is 36.0. The van der Waals surface area contributed by atoms with Crippen molar-refractivity contribution >= 4 is 11.9 Å². The highest BCUT2D eigenvalue weighted by Gasteiger charge is 1.94. The topological polar surface area (TPSA) is 98.7 Å². The van der Waals surface area contributed by atoms with Crippen LogP contribution in [0.1, 0.15) is 52.4 Å². The molecule has 2 fully saturated rings. The van der Waals surface area contributed by atoms with Gasteiger partial charge in [-0.2, -0.15) is 0 Å². The Labute approximate surface area is 122 Å². The third-order valence-corrected chi connectivity index (χ3v) is 2.41. The SMILES string of the molecule is C1CCNCC1.C1CCNCC1.CC(=O)O.CC(=O)O. The number of carbonyl (C=O) groups is 2. The number of hydrogen-bond donors (Lipinski definition) is 4. The van der Waals surface area contributed by atoms with E-state index < -0.39 is 11.9 Å². The van der Waals surface area contributed by atoms with Crippen molar-refractivity contribution in [3.63, 3.8) is 0 Å². The Morgan fingerprint density at radius 1 is 0.650 bits per heavy atom. The van der Waals surface area contributed by atoms with Gasteiger partial charge in [-0.15, -0.1) is 0 Å². The molecule has 2 aliphatic heterocycles. The van der Waals surface area contributed by atoms with E-state index in [1.165, 1.54) is 64.7 Å². The maximum absolute atomic E-state index is 9.00. The van der Waals surface area contributed by atoms with Gasteiger partial charge in [0.25, 0.3) is 11.9 Å². The first kappa shape index (κ1) is 21.2. The molecule has 0 radical (unpaired) electrons. The second-order valence-electron chi connectivity index (χ2n) is 4.66. The van der Waals surface area contributed by atoms with Gasteiger partial charge in [0.2, 0.25) is 0 Å². The van der Waals surface area contributed by atoms with E-state index in [9.17, 15) is 0 Å². The molecule has 0 unspecified atom stereocenters. The normalized spacial score (nSPS) is 16.9. The molecule has 2 rings (SSSR count). The highest BCUT2D eigenvalue weighted by atomic mass is 16.4. The van der Waals surface area contributed by atoms with Gasteiger partial charge in [-0.3, -0.25) is 9.59 Å². The standard InChI is InChI=1S/2C5H11N.2C2H4O2/c2*1-2-4-6-5-3-1;2*1-2(3)4/h2*6H,1-5H2;2*1H3,(H,3,4). The average molecular weight is 290 g/mol. The Hall–Kier alpha value is -1.14. The van der Waals surface area contributed by atoms with Crippen molar-refractivity contribution in [3.05, 3.63) is 0 Å². The number of carboxylic acids is 2. The summed E-state index contributed by atoms with van der Waals surface area (Å²) in [7, 11) is 0. The minimum absolute atomic E-state index is 0.833. The molecule has 120 valence electrons. The Bertz CT molecular complexity index is 172. The summed E-state index contributed by atoms with van der Waals surface area (Å²) in [5.74, 6) is -1.67. The molecule has 0 spiro atoms. The van der Waals surface area contributed by atoms with E-state index in [1.54, 1.807) is 0 Å². The smallest absolute Gasteiger partial charge is 0.300 e. The Balaban J connectivity index is 0. The van der Waals surface area contributed by atoms with Crippen LogP contribution in [0.2, 0.25) is 0 Å². The van der Waals surface area contributed by atoms with Crippen molar-refractivity contribution in [1.29, 1.82) is 0 Å². The van der Waals surface area contributed by atoms with Gasteiger partial charge in [0.05, 0.1) is 0 Å². The molecule has 0 bridgehead atoms. The van der Waals surface area contributed by atoms with E-state index in [0.29, 0.717) is 0 Å². The molecule has 0 aromatic rings. The fourth-order valence-corrected chi connectivity index (χ4v) is 1.60. The van der Waals surface area contributed by atoms with Gasteiger partial charge in [-0.05, 0) is 51.9 Å². The number of carboxylic acid groups (broad SMARTS) is 2. The van der Waals surface area contributed by atoms with E-state index in [1.807, 2.05) is 0 Å². The maximum atomic E-state index is 9.00. The summed E-state index contributed by atoms with van der Waals surface area (Å²) in [6, 6.07) is 0. The van der Waals surface area contributed by atoms with E-state index in [-0.39, 0.29) is 0 Å². The Kier molecular flexibility index (Phi) is 18.9. The number of aliphatic carboxylic acids is 2. The molecule has 4 N–H and O–H groups in total. The zero-order valence-corrected chi connectivity index (χ0v) is 12.8.